The number of aromatic nitrogens is 3. The van der Waals surface area contributed by atoms with E-state index in [1.54, 1.807) is 0 Å². The highest BCUT2D eigenvalue weighted by Gasteiger charge is 2.35. The fraction of sp³-hybridized carbons (Fsp3) is 0.174. The molecule has 2 aromatic heterocycles. The van der Waals surface area contributed by atoms with Crippen molar-refractivity contribution >= 4 is 16.8 Å². The standard InChI is InChI=1S/C23H18F4N4O3/c1-12(13-5-4-6-15(18(13)25)23(26,27)11-32)29-21(33)20-19-14(9-10-28-19)22(34)31(30-20)17-8-3-2-7-16(17)24/h2-10,12,28,32H,11H2,1H3,(H,29,33)/t12-/m1/s1. The topological polar surface area (TPSA) is 100 Å². The normalized spacial score (nSPS) is 12.6. The van der Waals surface area contributed by atoms with Crippen molar-refractivity contribution in [3.8, 4) is 5.69 Å². The van der Waals surface area contributed by atoms with Gasteiger partial charge in [0.2, 0.25) is 0 Å². The summed E-state index contributed by atoms with van der Waals surface area (Å²) in [5.41, 5.74) is -2.32. The van der Waals surface area contributed by atoms with E-state index in [0.29, 0.717) is 0 Å². The first-order chi connectivity index (χ1) is 16.2. The summed E-state index contributed by atoms with van der Waals surface area (Å²) >= 11 is 0. The maximum absolute atomic E-state index is 14.8. The number of nitrogens with one attached hydrogen (secondary N) is 2. The first kappa shape index (κ1) is 23.2. The molecule has 176 valence electrons. The van der Waals surface area contributed by atoms with Crippen LogP contribution in [0.1, 0.15) is 34.6 Å². The van der Waals surface area contributed by atoms with E-state index in [2.05, 4.69) is 15.4 Å². The van der Waals surface area contributed by atoms with Crippen molar-refractivity contribution in [1.29, 1.82) is 0 Å². The van der Waals surface area contributed by atoms with Gasteiger partial charge in [-0.3, -0.25) is 9.59 Å². The number of alkyl halides is 2. The third-order valence-corrected chi connectivity index (χ3v) is 5.34. The Labute approximate surface area is 189 Å². The van der Waals surface area contributed by atoms with E-state index in [9.17, 15) is 27.2 Å². The number of hydrogen-bond acceptors (Lipinski definition) is 4. The van der Waals surface area contributed by atoms with E-state index in [0.717, 1.165) is 16.8 Å². The smallest absolute Gasteiger partial charge is 0.298 e. The molecule has 1 amide bonds. The molecule has 3 N–H and O–H groups in total. The lowest BCUT2D eigenvalue weighted by atomic mass is 10.00. The summed E-state index contributed by atoms with van der Waals surface area (Å²) in [5, 5.41) is 15.4. The Bertz CT molecular complexity index is 1450. The van der Waals surface area contributed by atoms with Crippen LogP contribution in [0.15, 0.2) is 59.5 Å². The SMILES string of the molecule is C[C@@H](NC(=O)c1nn(-c2ccccc2F)c(=O)c2cc[nH]c12)c1cccc(C(F)(F)CO)c1F. The number of halogens is 4. The molecule has 2 heterocycles. The van der Waals surface area contributed by atoms with Gasteiger partial charge >= 0.3 is 0 Å². The Morgan fingerprint density at radius 2 is 1.91 bits per heavy atom. The summed E-state index contributed by atoms with van der Waals surface area (Å²) in [5.74, 6) is -6.68. The molecular weight excluding hydrogens is 456 g/mol. The lowest BCUT2D eigenvalue weighted by molar-refractivity contribution is -0.0584. The molecule has 11 heteroatoms. The minimum atomic E-state index is -3.81. The quantitative estimate of drug-likeness (QED) is 0.372. The summed E-state index contributed by atoms with van der Waals surface area (Å²) < 4.78 is 57.6. The predicted molar refractivity (Wildman–Crippen MR) is 115 cm³/mol. The molecule has 0 spiro atoms. The van der Waals surface area contributed by atoms with Gasteiger partial charge in [0.1, 0.15) is 23.9 Å². The zero-order chi connectivity index (χ0) is 24.6. The van der Waals surface area contributed by atoms with Crippen molar-refractivity contribution in [3.63, 3.8) is 0 Å². The molecule has 0 aliphatic heterocycles. The Kier molecular flexibility index (Phi) is 5.96. The number of aliphatic hydroxyl groups excluding tert-OH is 1. The van der Waals surface area contributed by atoms with E-state index >= 15 is 0 Å². The number of fused-ring (bicyclic) bond motifs is 1. The molecule has 0 fully saturated rings. The zero-order valence-electron chi connectivity index (χ0n) is 17.7. The van der Waals surface area contributed by atoms with E-state index in [1.165, 1.54) is 49.5 Å². The largest absolute Gasteiger partial charge is 0.390 e. The van der Waals surface area contributed by atoms with Crippen LogP contribution in [0, 0.1) is 11.6 Å². The molecule has 4 aromatic rings. The Balaban J connectivity index is 1.75. The Morgan fingerprint density at radius 1 is 1.18 bits per heavy atom. The number of rotatable bonds is 6. The highest BCUT2D eigenvalue weighted by atomic mass is 19.3. The van der Waals surface area contributed by atoms with E-state index in [-0.39, 0.29) is 27.8 Å². The molecule has 0 aliphatic rings. The molecule has 0 saturated heterocycles. The molecule has 1 atom stereocenters. The molecule has 2 aromatic carbocycles. The number of carbonyl (C=O) groups is 1. The van der Waals surface area contributed by atoms with Crippen molar-refractivity contribution in [2.45, 2.75) is 18.9 Å². The summed E-state index contributed by atoms with van der Waals surface area (Å²) in [6.07, 6.45) is 1.40. The zero-order valence-corrected chi connectivity index (χ0v) is 17.7. The number of para-hydroxylation sites is 1. The number of nitrogens with zero attached hydrogens (tertiary/aromatic N) is 2. The maximum atomic E-state index is 14.8. The van der Waals surface area contributed by atoms with Crippen LogP contribution in [0.2, 0.25) is 0 Å². The van der Waals surface area contributed by atoms with E-state index in [1.807, 2.05) is 0 Å². The van der Waals surface area contributed by atoms with Gasteiger partial charge in [0, 0.05) is 11.8 Å². The predicted octanol–water partition coefficient (Wildman–Crippen LogP) is 3.57. The van der Waals surface area contributed by atoms with Crippen LogP contribution in [0.3, 0.4) is 0 Å². The molecule has 34 heavy (non-hydrogen) atoms. The molecule has 0 radical (unpaired) electrons. The monoisotopic (exact) mass is 474 g/mol. The van der Waals surface area contributed by atoms with Gasteiger partial charge < -0.3 is 15.4 Å². The van der Waals surface area contributed by atoms with Crippen LogP contribution < -0.4 is 10.9 Å². The fourth-order valence-electron chi connectivity index (χ4n) is 3.59. The van der Waals surface area contributed by atoms with Crippen molar-refractivity contribution in [2.75, 3.05) is 6.61 Å². The van der Waals surface area contributed by atoms with Crippen LogP contribution in [-0.4, -0.2) is 32.4 Å². The Morgan fingerprint density at radius 3 is 2.62 bits per heavy atom. The van der Waals surface area contributed by atoms with E-state index in [4.69, 9.17) is 5.11 Å². The van der Waals surface area contributed by atoms with Crippen LogP contribution in [0.5, 0.6) is 0 Å². The van der Waals surface area contributed by atoms with Crippen molar-refractivity contribution < 1.29 is 27.5 Å². The minimum Gasteiger partial charge on any atom is -0.390 e. The summed E-state index contributed by atoms with van der Waals surface area (Å²) in [6, 6.07) is 8.91. The second-order valence-electron chi connectivity index (χ2n) is 7.55. The molecule has 4 rings (SSSR count). The highest BCUT2D eigenvalue weighted by Crippen LogP contribution is 2.32. The molecular formula is C23H18F4N4O3. The van der Waals surface area contributed by atoms with Crippen LogP contribution in [-0.2, 0) is 5.92 Å². The highest BCUT2D eigenvalue weighted by molar-refractivity contribution is 6.03. The molecule has 0 aliphatic carbocycles. The van der Waals surface area contributed by atoms with Crippen molar-refractivity contribution in [1.82, 2.24) is 20.1 Å². The second kappa shape index (κ2) is 8.75. The minimum absolute atomic E-state index is 0.0619. The van der Waals surface area contributed by atoms with E-state index < -0.39 is 47.2 Å². The summed E-state index contributed by atoms with van der Waals surface area (Å²) in [4.78, 5) is 28.6. The molecule has 7 nitrogen and oxygen atoms in total. The molecule has 0 unspecified atom stereocenters. The van der Waals surface area contributed by atoms with Crippen LogP contribution >= 0.6 is 0 Å². The van der Waals surface area contributed by atoms with Gasteiger partial charge in [-0.1, -0.05) is 24.3 Å². The first-order valence-corrected chi connectivity index (χ1v) is 10.1. The maximum Gasteiger partial charge on any atom is 0.298 e. The number of H-pyrrole nitrogens is 1. The van der Waals surface area contributed by atoms with Gasteiger partial charge in [-0.15, -0.1) is 0 Å². The second-order valence-corrected chi connectivity index (χ2v) is 7.55. The number of carbonyl (C=O) groups excluding carboxylic acids is 1. The number of aromatic amines is 1. The van der Waals surface area contributed by atoms with Gasteiger partial charge in [-0.2, -0.15) is 18.6 Å². The molecule has 0 bridgehead atoms. The third kappa shape index (κ3) is 3.94. The van der Waals surface area contributed by atoms with Crippen LogP contribution in [0.4, 0.5) is 17.6 Å². The van der Waals surface area contributed by atoms with Crippen molar-refractivity contribution in [2.24, 2.45) is 0 Å². The third-order valence-electron chi connectivity index (χ3n) is 5.34. The number of aliphatic hydroxyl groups is 1. The number of amides is 1. The fourth-order valence-corrected chi connectivity index (χ4v) is 3.59. The number of hydrogen-bond donors (Lipinski definition) is 3. The summed E-state index contributed by atoms with van der Waals surface area (Å²) in [6.45, 7) is -0.212. The summed E-state index contributed by atoms with van der Waals surface area (Å²) in [7, 11) is 0. The van der Waals surface area contributed by atoms with Crippen molar-refractivity contribution in [3.05, 3.63) is 93.5 Å². The first-order valence-electron chi connectivity index (χ1n) is 10.1. The Hall–Kier alpha value is -3.99. The van der Waals surface area contributed by atoms with Crippen LogP contribution in [0.25, 0.3) is 16.6 Å². The average Bonchev–Trinajstić information content (AvgIpc) is 3.30. The van der Waals surface area contributed by atoms with Gasteiger partial charge in [0.25, 0.3) is 17.4 Å². The lowest BCUT2D eigenvalue weighted by Gasteiger charge is -2.20. The molecule has 0 saturated carbocycles. The van der Waals surface area contributed by atoms with Gasteiger partial charge in [-0.25, -0.2) is 8.78 Å². The van der Waals surface area contributed by atoms with Gasteiger partial charge in [0.05, 0.1) is 22.5 Å². The average molecular weight is 474 g/mol. The lowest BCUT2D eigenvalue weighted by Crippen LogP contribution is -2.32. The van der Waals surface area contributed by atoms with Gasteiger partial charge in [0.15, 0.2) is 5.69 Å². The van der Waals surface area contributed by atoms with Gasteiger partial charge in [-0.05, 0) is 31.2 Å². The number of benzene rings is 2.